The molecule has 3 heteroatoms. The summed E-state index contributed by atoms with van der Waals surface area (Å²) in [6, 6.07) is 16.6. The van der Waals surface area contributed by atoms with E-state index in [9.17, 15) is 4.79 Å². The van der Waals surface area contributed by atoms with Crippen LogP contribution < -0.4 is 5.32 Å². The van der Waals surface area contributed by atoms with Crippen molar-refractivity contribution in [2.24, 2.45) is 0 Å². The summed E-state index contributed by atoms with van der Waals surface area (Å²) in [6.07, 6.45) is 9.36. The number of nitrogens with zero attached hydrogens (tertiary/aromatic N) is 1. The average molecular weight is 346 g/mol. The number of aromatic nitrogens is 1. The summed E-state index contributed by atoms with van der Waals surface area (Å²) in [5.74, 6) is 0.145. The summed E-state index contributed by atoms with van der Waals surface area (Å²) in [5.41, 5.74) is 6.98. The molecule has 0 saturated carbocycles. The molecule has 0 atom stereocenters. The Morgan fingerprint density at radius 1 is 0.962 bits per heavy atom. The molecule has 1 aromatic carbocycles. The highest BCUT2D eigenvalue weighted by molar-refractivity contribution is 5.76. The van der Waals surface area contributed by atoms with Crippen LogP contribution in [0.4, 0.5) is 0 Å². The second-order valence-electron chi connectivity index (χ2n) is 7.15. The van der Waals surface area contributed by atoms with Crippen molar-refractivity contribution in [2.45, 2.75) is 44.9 Å². The number of hydrogen-bond acceptors (Lipinski definition) is 1. The zero-order valence-corrected chi connectivity index (χ0v) is 15.2. The minimum Gasteiger partial charge on any atom is -0.356 e. The maximum absolute atomic E-state index is 12.2. The number of fused-ring (bicyclic) bond motifs is 3. The quantitative estimate of drug-likeness (QED) is 0.716. The Labute approximate surface area is 155 Å². The fraction of sp³-hybridized carbons (Fsp3) is 0.348. The average Bonchev–Trinajstić information content (AvgIpc) is 3.02. The van der Waals surface area contributed by atoms with Gasteiger partial charge in [0.25, 0.3) is 0 Å². The number of carbonyl (C=O) groups excluding carboxylic acids is 1. The molecule has 26 heavy (non-hydrogen) atoms. The number of nitrogens with one attached hydrogen (secondary N) is 1. The smallest absolute Gasteiger partial charge is 0.220 e. The minimum atomic E-state index is 0.145. The Morgan fingerprint density at radius 2 is 1.77 bits per heavy atom. The van der Waals surface area contributed by atoms with Crippen molar-refractivity contribution in [3.63, 3.8) is 0 Å². The van der Waals surface area contributed by atoms with Crippen LogP contribution in [0.25, 0.3) is 5.52 Å². The van der Waals surface area contributed by atoms with Crippen molar-refractivity contribution >= 4 is 11.4 Å². The van der Waals surface area contributed by atoms with Gasteiger partial charge in [-0.2, -0.15) is 0 Å². The maximum Gasteiger partial charge on any atom is 0.220 e. The highest BCUT2D eigenvalue weighted by atomic mass is 16.1. The molecule has 0 unspecified atom stereocenters. The lowest BCUT2D eigenvalue weighted by Crippen LogP contribution is -2.26. The second kappa shape index (κ2) is 7.77. The standard InChI is InChI=1S/C23H26N2O/c26-23(14-13-18-8-2-1-3-9-18)24-16-15-20-19-10-4-5-11-21(19)25-17-7-6-12-22(20)25/h1-3,6-9,12,17H,4-5,10-11,13-16H2,(H,24,26). The minimum absolute atomic E-state index is 0.145. The van der Waals surface area contributed by atoms with Crippen LogP contribution in [0.1, 0.15) is 41.6 Å². The van der Waals surface area contributed by atoms with Crippen LogP contribution in [0.15, 0.2) is 54.7 Å². The largest absolute Gasteiger partial charge is 0.356 e. The van der Waals surface area contributed by atoms with Gasteiger partial charge in [0, 0.05) is 30.4 Å². The molecule has 2 heterocycles. The molecular formula is C23H26N2O. The number of pyridine rings is 1. The summed E-state index contributed by atoms with van der Waals surface area (Å²) in [7, 11) is 0. The van der Waals surface area contributed by atoms with Gasteiger partial charge in [0.2, 0.25) is 5.91 Å². The summed E-state index contributed by atoms with van der Waals surface area (Å²) >= 11 is 0. The molecule has 2 aromatic heterocycles. The van der Waals surface area contributed by atoms with E-state index in [1.165, 1.54) is 53.6 Å². The van der Waals surface area contributed by atoms with E-state index in [1.807, 2.05) is 18.2 Å². The van der Waals surface area contributed by atoms with E-state index in [4.69, 9.17) is 0 Å². The van der Waals surface area contributed by atoms with Crippen LogP contribution in [0.5, 0.6) is 0 Å². The van der Waals surface area contributed by atoms with Crippen molar-refractivity contribution in [3.8, 4) is 0 Å². The molecule has 1 amide bonds. The van der Waals surface area contributed by atoms with E-state index >= 15 is 0 Å². The van der Waals surface area contributed by atoms with Crippen LogP contribution in [-0.4, -0.2) is 16.9 Å². The van der Waals surface area contributed by atoms with Gasteiger partial charge in [0.05, 0.1) is 0 Å². The van der Waals surface area contributed by atoms with Crippen molar-refractivity contribution in [1.29, 1.82) is 0 Å². The first kappa shape index (κ1) is 16.9. The number of rotatable bonds is 6. The van der Waals surface area contributed by atoms with Crippen molar-refractivity contribution in [3.05, 3.63) is 77.1 Å². The van der Waals surface area contributed by atoms with Crippen LogP contribution in [0, 0.1) is 0 Å². The highest BCUT2D eigenvalue weighted by Gasteiger charge is 2.20. The van der Waals surface area contributed by atoms with Gasteiger partial charge in [-0.25, -0.2) is 0 Å². The third-order valence-corrected chi connectivity index (χ3v) is 5.44. The molecule has 0 radical (unpaired) electrons. The summed E-state index contributed by atoms with van der Waals surface area (Å²) in [5, 5.41) is 3.11. The summed E-state index contributed by atoms with van der Waals surface area (Å²) in [6.45, 7) is 0.717. The highest BCUT2D eigenvalue weighted by Crippen LogP contribution is 2.30. The zero-order valence-electron chi connectivity index (χ0n) is 15.2. The Bertz CT molecular complexity index is 895. The van der Waals surface area contributed by atoms with Gasteiger partial charge in [-0.05, 0) is 67.3 Å². The Kier molecular flexibility index (Phi) is 5.05. The summed E-state index contributed by atoms with van der Waals surface area (Å²) in [4.78, 5) is 12.2. The predicted molar refractivity (Wildman–Crippen MR) is 106 cm³/mol. The van der Waals surface area contributed by atoms with E-state index in [2.05, 4.69) is 46.2 Å². The number of benzene rings is 1. The van der Waals surface area contributed by atoms with Gasteiger partial charge in [0.15, 0.2) is 0 Å². The van der Waals surface area contributed by atoms with Crippen molar-refractivity contribution in [2.75, 3.05) is 6.54 Å². The van der Waals surface area contributed by atoms with Gasteiger partial charge in [-0.1, -0.05) is 36.4 Å². The molecule has 1 aliphatic rings. The first-order valence-corrected chi connectivity index (χ1v) is 9.73. The summed E-state index contributed by atoms with van der Waals surface area (Å²) < 4.78 is 2.36. The molecule has 0 spiro atoms. The lowest BCUT2D eigenvalue weighted by molar-refractivity contribution is -0.121. The fourth-order valence-corrected chi connectivity index (χ4v) is 4.16. The molecule has 0 saturated heterocycles. The SMILES string of the molecule is O=C(CCc1ccccc1)NCCc1c2c(n3ccccc13)CCCC2. The lowest BCUT2D eigenvalue weighted by Gasteiger charge is -2.13. The van der Waals surface area contributed by atoms with E-state index in [0.717, 1.165) is 12.8 Å². The van der Waals surface area contributed by atoms with Crippen LogP contribution in [-0.2, 0) is 30.5 Å². The number of carbonyl (C=O) groups is 1. The number of aryl methyl sites for hydroxylation is 2. The number of amides is 1. The Hall–Kier alpha value is -2.55. The van der Waals surface area contributed by atoms with E-state index < -0.39 is 0 Å². The van der Waals surface area contributed by atoms with Gasteiger partial charge >= 0.3 is 0 Å². The molecule has 1 aliphatic carbocycles. The number of hydrogen-bond donors (Lipinski definition) is 1. The molecule has 3 aromatic rings. The molecular weight excluding hydrogens is 320 g/mol. The molecule has 0 fully saturated rings. The van der Waals surface area contributed by atoms with Gasteiger partial charge < -0.3 is 9.72 Å². The Morgan fingerprint density at radius 3 is 2.65 bits per heavy atom. The predicted octanol–water partition coefficient (Wildman–Crippen LogP) is 4.11. The van der Waals surface area contributed by atoms with Crippen LogP contribution >= 0.6 is 0 Å². The first-order chi connectivity index (χ1) is 12.8. The van der Waals surface area contributed by atoms with E-state index in [0.29, 0.717) is 13.0 Å². The maximum atomic E-state index is 12.2. The van der Waals surface area contributed by atoms with Gasteiger partial charge in [0.1, 0.15) is 0 Å². The van der Waals surface area contributed by atoms with E-state index in [1.54, 1.807) is 0 Å². The topological polar surface area (TPSA) is 33.5 Å². The van der Waals surface area contributed by atoms with Crippen LogP contribution in [0.3, 0.4) is 0 Å². The van der Waals surface area contributed by atoms with Crippen molar-refractivity contribution in [1.82, 2.24) is 9.72 Å². The van der Waals surface area contributed by atoms with Gasteiger partial charge in [-0.15, -0.1) is 0 Å². The molecule has 0 bridgehead atoms. The third-order valence-electron chi connectivity index (χ3n) is 5.44. The monoisotopic (exact) mass is 346 g/mol. The fourth-order valence-electron chi connectivity index (χ4n) is 4.16. The van der Waals surface area contributed by atoms with Gasteiger partial charge in [-0.3, -0.25) is 4.79 Å². The van der Waals surface area contributed by atoms with Crippen molar-refractivity contribution < 1.29 is 4.79 Å². The first-order valence-electron chi connectivity index (χ1n) is 9.73. The van der Waals surface area contributed by atoms with E-state index in [-0.39, 0.29) is 5.91 Å². The van der Waals surface area contributed by atoms with Crippen LogP contribution in [0.2, 0.25) is 0 Å². The molecule has 134 valence electrons. The molecule has 0 aliphatic heterocycles. The molecule has 3 nitrogen and oxygen atoms in total. The molecule has 1 N–H and O–H groups in total. The molecule has 4 rings (SSSR count). The lowest BCUT2D eigenvalue weighted by atomic mass is 9.93. The third kappa shape index (κ3) is 3.52. The zero-order chi connectivity index (χ0) is 17.8. The normalized spacial score (nSPS) is 13.5. The second-order valence-corrected chi connectivity index (χ2v) is 7.15. The Balaban J connectivity index is 1.38.